The lowest BCUT2D eigenvalue weighted by Crippen LogP contribution is -2.20. The van der Waals surface area contributed by atoms with Crippen LogP contribution >= 0.6 is 0 Å². The van der Waals surface area contributed by atoms with Crippen LogP contribution in [0.3, 0.4) is 0 Å². The van der Waals surface area contributed by atoms with Gasteiger partial charge in [0.1, 0.15) is 0 Å². The van der Waals surface area contributed by atoms with Gasteiger partial charge in [0.05, 0.1) is 5.69 Å². The van der Waals surface area contributed by atoms with Crippen molar-refractivity contribution >= 4 is 5.69 Å². The van der Waals surface area contributed by atoms with Crippen LogP contribution in [-0.4, -0.2) is 16.7 Å². The second-order valence-electron chi connectivity index (χ2n) is 4.71. The Bertz CT molecular complexity index is 523. The first-order valence-corrected chi connectivity index (χ1v) is 6.09. The largest absolute Gasteiger partial charge is 0.367 e. The summed E-state index contributed by atoms with van der Waals surface area (Å²) in [5, 5.41) is 7.32. The Kier molecular flexibility index (Phi) is 2.39. The fraction of sp³-hybridized carbons (Fsp3) is 0.357. The lowest BCUT2D eigenvalue weighted by atomic mass is 10.1. The standard InChI is InChI=1S/C14H17N3/c1-10-13(11(2)16-15-10)9-17-8-7-12-5-3-4-6-14(12)17/h3-6H,7-9H2,1-2H3,(H,15,16). The molecule has 0 radical (unpaired) electrons. The molecule has 0 atom stereocenters. The minimum atomic E-state index is 0.963. The average Bonchev–Trinajstić information content (AvgIpc) is 2.88. The molecule has 3 heteroatoms. The minimum Gasteiger partial charge on any atom is -0.367 e. The van der Waals surface area contributed by atoms with Gasteiger partial charge in [-0.05, 0) is 31.9 Å². The molecule has 0 spiro atoms. The predicted octanol–water partition coefficient (Wildman–Crippen LogP) is 2.59. The summed E-state index contributed by atoms with van der Waals surface area (Å²) < 4.78 is 0. The molecule has 1 N–H and O–H groups in total. The molecular formula is C14H17N3. The van der Waals surface area contributed by atoms with E-state index in [0.29, 0.717) is 0 Å². The first-order valence-electron chi connectivity index (χ1n) is 6.09. The fourth-order valence-corrected chi connectivity index (χ4v) is 2.57. The van der Waals surface area contributed by atoms with E-state index in [1.165, 1.54) is 22.5 Å². The number of aromatic amines is 1. The van der Waals surface area contributed by atoms with Gasteiger partial charge in [0, 0.05) is 30.0 Å². The smallest absolute Gasteiger partial charge is 0.0643 e. The Balaban J connectivity index is 1.89. The molecule has 0 saturated heterocycles. The number of aryl methyl sites for hydroxylation is 2. The number of fused-ring (bicyclic) bond motifs is 1. The van der Waals surface area contributed by atoms with Crippen LogP contribution in [0, 0.1) is 13.8 Å². The number of rotatable bonds is 2. The van der Waals surface area contributed by atoms with E-state index in [4.69, 9.17) is 0 Å². The van der Waals surface area contributed by atoms with E-state index in [0.717, 1.165) is 25.2 Å². The topological polar surface area (TPSA) is 31.9 Å². The van der Waals surface area contributed by atoms with E-state index < -0.39 is 0 Å². The third-order valence-electron chi connectivity index (χ3n) is 3.61. The SMILES string of the molecule is Cc1n[nH]c(C)c1CN1CCc2ccccc21. The normalized spacial score (nSPS) is 14.1. The number of anilines is 1. The van der Waals surface area contributed by atoms with Gasteiger partial charge in [-0.1, -0.05) is 18.2 Å². The number of nitrogens with zero attached hydrogens (tertiary/aromatic N) is 2. The monoisotopic (exact) mass is 227 g/mol. The zero-order valence-electron chi connectivity index (χ0n) is 10.3. The molecule has 1 aromatic heterocycles. The summed E-state index contributed by atoms with van der Waals surface area (Å²) in [7, 11) is 0. The summed E-state index contributed by atoms with van der Waals surface area (Å²) in [6, 6.07) is 8.68. The minimum absolute atomic E-state index is 0.963. The van der Waals surface area contributed by atoms with E-state index in [9.17, 15) is 0 Å². The molecular weight excluding hydrogens is 210 g/mol. The zero-order chi connectivity index (χ0) is 11.8. The summed E-state index contributed by atoms with van der Waals surface area (Å²) in [6.07, 6.45) is 1.16. The van der Waals surface area contributed by atoms with Crippen LogP contribution in [0.15, 0.2) is 24.3 Å². The molecule has 1 aliphatic rings. The van der Waals surface area contributed by atoms with Crippen molar-refractivity contribution in [3.8, 4) is 0 Å². The Hall–Kier alpha value is -1.77. The third-order valence-corrected chi connectivity index (χ3v) is 3.61. The van der Waals surface area contributed by atoms with Gasteiger partial charge < -0.3 is 4.90 Å². The van der Waals surface area contributed by atoms with Crippen LogP contribution in [0.2, 0.25) is 0 Å². The highest BCUT2D eigenvalue weighted by Gasteiger charge is 2.20. The number of H-pyrrole nitrogens is 1. The van der Waals surface area contributed by atoms with Crippen molar-refractivity contribution in [2.75, 3.05) is 11.4 Å². The molecule has 0 unspecified atom stereocenters. The van der Waals surface area contributed by atoms with E-state index in [-0.39, 0.29) is 0 Å². The van der Waals surface area contributed by atoms with E-state index in [1.54, 1.807) is 0 Å². The molecule has 0 bridgehead atoms. The summed E-state index contributed by atoms with van der Waals surface area (Å²) in [5.41, 5.74) is 6.49. The van der Waals surface area contributed by atoms with E-state index in [2.05, 4.69) is 53.2 Å². The highest BCUT2D eigenvalue weighted by molar-refractivity contribution is 5.58. The molecule has 88 valence electrons. The van der Waals surface area contributed by atoms with Crippen LogP contribution in [0.25, 0.3) is 0 Å². The third kappa shape index (κ3) is 1.71. The highest BCUT2D eigenvalue weighted by Crippen LogP contribution is 2.29. The molecule has 3 rings (SSSR count). The van der Waals surface area contributed by atoms with Crippen molar-refractivity contribution < 1.29 is 0 Å². The van der Waals surface area contributed by atoms with E-state index >= 15 is 0 Å². The predicted molar refractivity (Wildman–Crippen MR) is 69.3 cm³/mol. The summed E-state index contributed by atoms with van der Waals surface area (Å²) in [4.78, 5) is 2.44. The molecule has 0 aliphatic carbocycles. The Morgan fingerprint density at radius 3 is 2.88 bits per heavy atom. The fourth-order valence-electron chi connectivity index (χ4n) is 2.57. The molecule has 17 heavy (non-hydrogen) atoms. The summed E-state index contributed by atoms with van der Waals surface area (Å²) in [5.74, 6) is 0. The molecule has 0 fully saturated rings. The van der Waals surface area contributed by atoms with Crippen molar-refractivity contribution in [3.63, 3.8) is 0 Å². The number of aromatic nitrogens is 2. The lowest BCUT2D eigenvalue weighted by molar-refractivity contribution is 0.827. The maximum absolute atomic E-state index is 4.26. The van der Waals surface area contributed by atoms with Crippen LogP contribution in [0.4, 0.5) is 5.69 Å². The van der Waals surface area contributed by atoms with Crippen molar-refractivity contribution in [2.24, 2.45) is 0 Å². The number of hydrogen-bond donors (Lipinski definition) is 1. The van der Waals surface area contributed by atoms with Crippen LogP contribution in [0.5, 0.6) is 0 Å². The molecule has 1 aromatic carbocycles. The molecule has 0 saturated carbocycles. The van der Waals surface area contributed by atoms with Gasteiger partial charge in [-0.2, -0.15) is 5.10 Å². The van der Waals surface area contributed by atoms with Gasteiger partial charge in [-0.15, -0.1) is 0 Å². The Morgan fingerprint density at radius 2 is 2.12 bits per heavy atom. The molecule has 0 amide bonds. The van der Waals surface area contributed by atoms with Gasteiger partial charge in [0.15, 0.2) is 0 Å². The van der Waals surface area contributed by atoms with Gasteiger partial charge in [0.2, 0.25) is 0 Å². The van der Waals surface area contributed by atoms with Gasteiger partial charge in [0.25, 0.3) is 0 Å². The number of para-hydroxylation sites is 1. The second-order valence-corrected chi connectivity index (χ2v) is 4.71. The van der Waals surface area contributed by atoms with E-state index in [1.807, 2.05) is 0 Å². The van der Waals surface area contributed by atoms with Crippen LogP contribution in [-0.2, 0) is 13.0 Å². The van der Waals surface area contributed by atoms with Gasteiger partial charge in [-0.25, -0.2) is 0 Å². The zero-order valence-corrected chi connectivity index (χ0v) is 10.3. The van der Waals surface area contributed by atoms with Crippen molar-refractivity contribution in [2.45, 2.75) is 26.8 Å². The maximum atomic E-state index is 4.26. The first kappa shape index (κ1) is 10.4. The summed E-state index contributed by atoms with van der Waals surface area (Å²) in [6.45, 7) is 6.24. The average molecular weight is 227 g/mol. The number of nitrogens with one attached hydrogen (secondary N) is 1. The molecule has 2 heterocycles. The number of benzene rings is 1. The Labute approximate surface area is 101 Å². The highest BCUT2D eigenvalue weighted by atomic mass is 15.2. The maximum Gasteiger partial charge on any atom is 0.0643 e. The lowest BCUT2D eigenvalue weighted by Gasteiger charge is -2.19. The Morgan fingerprint density at radius 1 is 1.29 bits per heavy atom. The number of hydrogen-bond acceptors (Lipinski definition) is 2. The molecule has 2 aromatic rings. The van der Waals surface area contributed by atoms with Crippen molar-refractivity contribution in [1.29, 1.82) is 0 Å². The van der Waals surface area contributed by atoms with Gasteiger partial charge in [-0.3, -0.25) is 5.10 Å². The molecule has 3 nitrogen and oxygen atoms in total. The van der Waals surface area contributed by atoms with Crippen LogP contribution in [0.1, 0.15) is 22.5 Å². The van der Waals surface area contributed by atoms with Crippen molar-refractivity contribution in [3.05, 3.63) is 46.8 Å². The quantitative estimate of drug-likeness (QED) is 0.855. The summed E-state index contributed by atoms with van der Waals surface area (Å²) >= 11 is 0. The van der Waals surface area contributed by atoms with Gasteiger partial charge >= 0.3 is 0 Å². The van der Waals surface area contributed by atoms with Crippen molar-refractivity contribution in [1.82, 2.24) is 10.2 Å². The molecule has 1 aliphatic heterocycles. The first-order chi connectivity index (χ1) is 8.25. The van der Waals surface area contributed by atoms with Crippen LogP contribution < -0.4 is 4.90 Å². The second kappa shape index (κ2) is 3.91.